The number of rotatable bonds is 6. The van der Waals surface area contributed by atoms with E-state index in [0.717, 1.165) is 16.1 Å². The van der Waals surface area contributed by atoms with Crippen LogP contribution in [0.2, 0.25) is 0 Å². The van der Waals surface area contributed by atoms with Crippen molar-refractivity contribution in [1.29, 1.82) is 0 Å². The number of hydrogen-bond donors (Lipinski definition) is 1. The number of thiazole rings is 1. The minimum Gasteiger partial charge on any atom is -0.456 e. The second-order valence-corrected chi connectivity index (χ2v) is 5.42. The Kier molecular flexibility index (Phi) is 5.26. The molecule has 2 aromatic rings. The van der Waals surface area contributed by atoms with Crippen molar-refractivity contribution in [2.45, 2.75) is 26.5 Å². The van der Waals surface area contributed by atoms with Crippen LogP contribution < -0.4 is 4.57 Å². The van der Waals surface area contributed by atoms with Gasteiger partial charge in [0.05, 0.1) is 4.88 Å². The zero-order valence-corrected chi connectivity index (χ0v) is 12.2. The highest BCUT2D eigenvalue weighted by Gasteiger charge is 2.18. The fourth-order valence-electron chi connectivity index (χ4n) is 1.87. The molecule has 0 aliphatic rings. The number of hydrogen-bond acceptors (Lipinski definition) is 4. The van der Waals surface area contributed by atoms with Crippen molar-refractivity contribution < 1.29 is 19.2 Å². The van der Waals surface area contributed by atoms with Crippen molar-refractivity contribution in [3.05, 3.63) is 52.0 Å². The molecule has 0 aliphatic heterocycles. The summed E-state index contributed by atoms with van der Waals surface area (Å²) in [4.78, 5) is 12.9. The van der Waals surface area contributed by atoms with E-state index in [1.165, 1.54) is 0 Å². The molecule has 0 bridgehead atoms. The van der Waals surface area contributed by atoms with Gasteiger partial charge in [-0.25, -0.2) is 4.79 Å². The van der Waals surface area contributed by atoms with Gasteiger partial charge in [-0.15, -0.1) is 0 Å². The molecule has 0 unspecified atom stereocenters. The lowest BCUT2D eigenvalue weighted by atomic mass is 10.2. The number of carbonyl (C=O) groups is 1. The van der Waals surface area contributed by atoms with Gasteiger partial charge in [-0.3, -0.25) is 0 Å². The standard InChI is InChI=1S/C15H18NO3S/c1-12-14(7-8-17)20-11-16(12)9-15(18)19-10-13-5-3-2-4-6-13/h2-6,11,17H,7-10H2,1H3/q+1. The Bertz CT molecular complexity index is 566. The van der Waals surface area contributed by atoms with Crippen LogP contribution in [0.4, 0.5) is 0 Å². The predicted octanol–water partition coefficient (Wildman–Crippen LogP) is 1.62. The molecule has 2 rings (SSSR count). The van der Waals surface area contributed by atoms with E-state index in [2.05, 4.69) is 0 Å². The van der Waals surface area contributed by atoms with Crippen molar-refractivity contribution in [3.8, 4) is 0 Å². The Morgan fingerprint density at radius 3 is 2.80 bits per heavy atom. The van der Waals surface area contributed by atoms with Gasteiger partial charge in [-0.1, -0.05) is 41.7 Å². The first kappa shape index (κ1) is 14.7. The van der Waals surface area contributed by atoms with E-state index in [-0.39, 0.29) is 19.1 Å². The lowest BCUT2D eigenvalue weighted by molar-refractivity contribution is -0.687. The molecule has 0 spiro atoms. The number of aliphatic hydroxyl groups is 1. The maximum Gasteiger partial charge on any atom is 0.373 e. The summed E-state index contributed by atoms with van der Waals surface area (Å²) in [5.41, 5.74) is 3.89. The molecule has 4 nitrogen and oxygen atoms in total. The molecule has 20 heavy (non-hydrogen) atoms. The van der Waals surface area contributed by atoms with E-state index in [1.54, 1.807) is 11.3 Å². The average Bonchev–Trinajstić information content (AvgIpc) is 2.80. The Balaban J connectivity index is 1.88. The van der Waals surface area contributed by atoms with Gasteiger partial charge in [0.25, 0.3) is 0 Å². The molecule has 0 amide bonds. The third-order valence-corrected chi connectivity index (χ3v) is 4.18. The van der Waals surface area contributed by atoms with Crippen molar-refractivity contribution in [1.82, 2.24) is 0 Å². The van der Waals surface area contributed by atoms with E-state index in [4.69, 9.17) is 9.84 Å². The molecule has 0 saturated carbocycles. The second-order valence-electron chi connectivity index (χ2n) is 4.48. The zero-order chi connectivity index (χ0) is 14.4. The Morgan fingerprint density at radius 2 is 2.10 bits per heavy atom. The summed E-state index contributed by atoms with van der Waals surface area (Å²) in [6, 6.07) is 9.62. The second kappa shape index (κ2) is 7.17. The van der Waals surface area contributed by atoms with Crippen LogP contribution in [0, 0.1) is 6.92 Å². The fourth-order valence-corrected chi connectivity index (χ4v) is 2.86. The lowest BCUT2D eigenvalue weighted by Gasteiger charge is -2.02. The predicted molar refractivity (Wildman–Crippen MR) is 76.3 cm³/mol. The summed E-state index contributed by atoms with van der Waals surface area (Å²) in [7, 11) is 0. The minimum atomic E-state index is -0.254. The minimum absolute atomic E-state index is 0.125. The van der Waals surface area contributed by atoms with Crippen LogP contribution in [0.1, 0.15) is 16.1 Å². The van der Waals surface area contributed by atoms with Gasteiger partial charge in [-0.05, 0) is 5.56 Å². The maximum atomic E-state index is 11.8. The molecule has 0 atom stereocenters. The van der Waals surface area contributed by atoms with E-state index < -0.39 is 0 Å². The van der Waals surface area contributed by atoms with Crippen LogP contribution in [-0.2, 0) is 29.1 Å². The number of aliphatic hydroxyl groups excluding tert-OH is 1. The molecule has 1 aromatic heterocycles. The highest BCUT2D eigenvalue weighted by atomic mass is 32.1. The van der Waals surface area contributed by atoms with E-state index in [0.29, 0.717) is 13.0 Å². The third-order valence-electron chi connectivity index (χ3n) is 3.04. The summed E-state index contributed by atoms with van der Waals surface area (Å²) in [6.07, 6.45) is 0.628. The molecule has 5 heteroatoms. The number of nitrogens with zero attached hydrogens (tertiary/aromatic N) is 1. The van der Waals surface area contributed by atoms with Gasteiger partial charge >= 0.3 is 5.97 Å². The number of esters is 1. The molecule has 106 valence electrons. The molecule has 1 heterocycles. The molecule has 0 aliphatic carbocycles. The average molecular weight is 292 g/mol. The smallest absolute Gasteiger partial charge is 0.373 e. The number of aromatic nitrogens is 1. The third kappa shape index (κ3) is 3.88. The normalized spacial score (nSPS) is 10.5. The van der Waals surface area contributed by atoms with E-state index in [9.17, 15) is 4.79 Å². The van der Waals surface area contributed by atoms with Crippen molar-refractivity contribution >= 4 is 17.3 Å². The molecule has 0 saturated heterocycles. The van der Waals surface area contributed by atoms with Crippen LogP contribution in [-0.4, -0.2) is 17.7 Å². The highest BCUT2D eigenvalue weighted by molar-refractivity contribution is 7.09. The van der Waals surface area contributed by atoms with Gasteiger partial charge < -0.3 is 9.84 Å². The lowest BCUT2D eigenvalue weighted by Crippen LogP contribution is -2.39. The molecular weight excluding hydrogens is 274 g/mol. The van der Waals surface area contributed by atoms with Gasteiger partial charge in [0.1, 0.15) is 6.61 Å². The van der Waals surface area contributed by atoms with Gasteiger partial charge in [0, 0.05) is 20.0 Å². The van der Waals surface area contributed by atoms with Crippen molar-refractivity contribution in [3.63, 3.8) is 0 Å². The van der Waals surface area contributed by atoms with Gasteiger partial charge in [-0.2, -0.15) is 4.57 Å². The topological polar surface area (TPSA) is 50.4 Å². The maximum absolute atomic E-state index is 11.8. The first-order chi connectivity index (χ1) is 9.70. The fraction of sp³-hybridized carbons (Fsp3) is 0.333. The molecule has 1 N–H and O–H groups in total. The van der Waals surface area contributed by atoms with Gasteiger partial charge in [0.15, 0.2) is 5.69 Å². The molecular formula is C15H18NO3S+. The van der Waals surface area contributed by atoms with Crippen LogP contribution in [0.5, 0.6) is 0 Å². The summed E-state index contributed by atoms with van der Waals surface area (Å²) in [5.74, 6) is -0.254. The van der Waals surface area contributed by atoms with E-state index in [1.807, 2.05) is 47.3 Å². The van der Waals surface area contributed by atoms with Crippen molar-refractivity contribution in [2.75, 3.05) is 6.61 Å². The largest absolute Gasteiger partial charge is 0.456 e. The molecule has 0 fully saturated rings. The first-order valence-electron chi connectivity index (χ1n) is 6.47. The monoisotopic (exact) mass is 292 g/mol. The van der Waals surface area contributed by atoms with Crippen molar-refractivity contribution in [2.24, 2.45) is 0 Å². The molecule has 0 radical (unpaired) electrons. The first-order valence-corrected chi connectivity index (χ1v) is 7.35. The Hall–Kier alpha value is -1.72. The number of carbonyl (C=O) groups excluding carboxylic acids is 1. The zero-order valence-electron chi connectivity index (χ0n) is 11.4. The molecule has 1 aromatic carbocycles. The summed E-state index contributed by atoms with van der Waals surface area (Å²) in [5, 5.41) is 8.95. The van der Waals surface area contributed by atoms with Crippen LogP contribution in [0.25, 0.3) is 0 Å². The Morgan fingerprint density at radius 1 is 1.35 bits per heavy atom. The van der Waals surface area contributed by atoms with Crippen LogP contribution >= 0.6 is 11.3 Å². The summed E-state index contributed by atoms with van der Waals surface area (Å²) >= 11 is 1.55. The summed E-state index contributed by atoms with van der Waals surface area (Å²) in [6.45, 7) is 2.58. The van der Waals surface area contributed by atoms with Gasteiger partial charge in [0.2, 0.25) is 12.1 Å². The summed E-state index contributed by atoms with van der Waals surface area (Å²) < 4.78 is 7.12. The van der Waals surface area contributed by atoms with Crippen LogP contribution in [0.15, 0.2) is 35.8 Å². The highest BCUT2D eigenvalue weighted by Crippen LogP contribution is 2.11. The van der Waals surface area contributed by atoms with E-state index >= 15 is 0 Å². The quantitative estimate of drug-likeness (QED) is 0.650. The number of benzene rings is 1. The van der Waals surface area contributed by atoms with Crippen LogP contribution in [0.3, 0.4) is 0 Å². The number of ether oxygens (including phenoxy) is 1. The SMILES string of the molecule is Cc1c(CCO)sc[n+]1CC(=O)OCc1ccccc1. The Labute approximate surface area is 122 Å².